The third-order valence-electron chi connectivity index (χ3n) is 3.99. The fourth-order valence-electron chi connectivity index (χ4n) is 2.57. The summed E-state index contributed by atoms with van der Waals surface area (Å²) in [5.41, 5.74) is -0.180. The first kappa shape index (κ1) is 21.3. The molecule has 0 aliphatic heterocycles. The number of hydrogen-bond donors (Lipinski definition) is 0. The fourth-order valence-corrected chi connectivity index (χ4v) is 2.57. The third kappa shape index (κ3) is 6.62. The van der Waals surface area contributed by atoms with Gasteiger partial charge in [0, 0.05) is 0 Å². The SMILES string of the molecule is CCCCCCCC(C(=O)Oc1ccccc1)=C(C)C([N+](=O)[O-])[N+](=O)[O-]. The van der Waals surface area contributed by atoms with Gasteiger partial charge < -0.3 is 4.74 Å². The summed E-state index contributed by atoms with van der Waals surface area (Å²) in [6.45, 7) is 3.33. The highest BCUT2D eigenvalue weighted by atomic mass is 16.7. The number of rotatable bonds is 11. The molecule has 0 fully saturated rings. The predicted octanol–water partition coefficient (Wildman–Crippen LogP) is 4.15. The summed E-state index contributed by atoms with van der Waals surface area (Å²) >= 11 is 0. The van der Waals surface area contributed by atoms with Gasteiger partial charge in [-0.05, 0) is 31.9 Å². The van der Waals surface area contributed by atoms with Crippen molar-refractivity contribution in [3.05, 3.63) is 61.7 Å². The van der Waals surface area contributed by atoms with E-state index in [4.69, 9.17) is 4.74 Å². The van der Waals surface area contributed by atoms with Gasteiger partial charge in [0.25, 0.3) is 0 Å². The number of carbonyl (C=O) groups is 1. The van der Waals surface area contributed by atoms with E-state index in [2.05, 4.69) is 6.92 Å². The number of unbranched alkanes of at least 4 members (excludes halogenated alkanes) is 4. The van der Waals surface area contributed by atoms with Crippen molar-refractivity contribution < 1.29 is 19.4 Å². The van der Waals surface area contributed by atoms with E-state index in [9.17, 15) is 25.0 Å². The maximum atomic E-state index is 12.5. The number of hydrogen-bond acceptors (Lipinski definition) is 6. The summed E-state index contributed by atoms with van der Waals surface area (Å²) in [6, 6.07) is 8.26. The fraction of sp³-hybridized carbons (Fsp3) is 0.500. The minimum Gasteiger partial charge on any atom is -0.423 e. The quantitative estimate of drug-likeness (QED) is 0.111. The maximum absolute atomic E-state index is 12.5. The lowest BCUT2D eigenvalue weighted by Crippen LogP contribution is -2.32. The third-order valence-corrected chi connectivity index (χ3v) is 3.99. The molecule has 1 aromatic carbocycles. The Balaban J connectivity index is 3.03. The van der Waals surface area contributed by atoms with Gasteiger partial charge in [-0.15, -0.1) is 0 Å². The Morgan fingerprint density at radius 1 is 1.04 bits per heavy atom. The van der Waals surface area contributed by atoms with E-state index in [-0.39, 0.29) is 23.3 Å². The Bertz CT molecular complexity index is 643. The van der Waals surface area contributed by atoms with Crippen LogP contribution in [0, 0.1) is 20.2 Å². The van der Waals surface area contributed by atoms with E-state index in [1.165, 1.54) is 6.92 Å². The molecule has 8 nitrogen and oxygen atoms in total. The van der Waals surface area contributed by atoms with Crippen LogP contribution in [0.3, 0.4) is 0 Å². The minimum absolute atomic E-state index is 0.00347. The molecule has 1 aromatic rings. The van der Waals surface area contributed by atoms with Crippen LogP contribution in [-0.4, -0.2) is 22.0 Å². The van der Waals surface area contributed by atoms with Crippen LogP contribution in [0.4, 0.5) is 0 Å². The summed E-state index contributed by atoms with van der Waals surface area (Å²) in [6.07, 6.45) is 2.60. The van der Waals surface area contributed by atoms with Crippen LogP contribution in [0.5, 0.6) is 5.75 Å². The highest BCUT2D eigenvalue weighted by Crippen LogP contribution is 2.22. The molecule has 8 heteroatoms. The van der Waals surface area contributed by atoms with Crippen LogP contribution in [0.1, 0.15) is 52.4 Å². The number of esters is 1. The molecule has 26 heavy (non-hydrogen) atoms. The van der Waals surface area contributed by atoms with Crippen molar-refractivity contribution in [1.82, 2.24) is 0 Å². The van der Waals surface area contributed by atoms with E-state index in [0.29, 0.717) is 6.42 Å². The number of nitro groups is 2. The van der Waals surface area contributed by atoms with Crippen LogP contribution >= 0.6 is 0 Å². The molecule has 0 atom stereocenters. The lowest BCUT2D eigenvalue weighted by atomic mass is 10.00. The average Bonchev–Trinajstić information content (AvgIpc) is 2.58. The van der Waals surface area contributed by atoms with Gasteiger partial charge in [-0.2, -0.15) is 0 Å². The second kappa shape index (κ2) is 11.0. The van der Waals surface area contributed by atoms with Crippen LogP contribution < -0.4 is 4.74 Å². The summed E-state index contributed by atoms with van der Waals surface area (Å²) < 4.78 is 5.24. The summed E-state index contributed by atoms with van der Waals surface area (Å²) in [7, 11) is 0. The van der Waals surface area contributed by atoms with Crippen molar-refractivity contribution in [3.63, 3.8) is 0 Å². The number of nitrogens with zero attached hydrogens (tertiary/aromatic N) is 2. The first-order valence-electron chi connectivity index (χ1n) is 8.62. The number of carbonyl (C=O) groups excluding carboxylic acids is 1. The first-order valence-corrected chi connectivity index (χ1v) is 8.62. The zero-order chi connectivity index (χ0) is 19.5. The number of benzene rings is 1. The van der Waals surface area contributed by atoms with Crippen molar-refractivity contribution in [1.29, 1.82) is 0 Å². The number of ether oxygens (including phenoxy) is 1. The molecule has 0 aromatic heterocycles. The highest BCUT2D eigenvalue weighted by Gasteiger charge is 2.38. The molecule has 0 aliphatic rings. The molecule has 0 amide bonds. The molecule has 0 bridgehead atoms. The topological polar surface area (TPSA) is 113 Å². The Morgan fingerprint density at radius 2 is 1.62 bits per heavy atom. The molecule has 0 spiro atoms. The van der Waals surface area contributed by atoms with Gasteiger partial charge in [0.05, 0.1) is 11.1 Å². The van der Waals surface area contributed by atoms with Crippen LogP contribution in [-0.2, 0) is 4.79 Å². The van der Waals surface area contributed by atoms with Crippen molar-refractivity contribution in [2.45, 2.75) is 58.5 Å². The molecule has 0 aliphatic carbocycles. The Kier molecular flexibility index (Phi) is 8.97. The van der Waals surface area contributed by atoms with E-state index in [1.54, 1.807) is 30.3 Å². The van der Waals surface area contributed by atoms with E-state index in [1.807, 2.05) is 0 Å². The lowest BCUT2D eigenvalue weighted by molar-refractivity contribution is -0.730. The second-order valence-electron chi connectivity index (χ2n) is 5.97. The zero-order valence-corrected chi connectivity index (χ0v) is 15.1. The Labute approximate surface area is 152 Å². The van der Waals surface area contributed by atoms with Crippen molar-refractivity contribution in [2.24, 2.45) is 0 Å². The predicted molar refractivity (Wildman–Crippen MR) is 95.9 cm³/mol. The van der Waals surface area contributed by atoms with Gasteiger partial charge in [-0.25, -0.2) is 4.79 Å². The molecule has 142 valence electrons. The van der Waals surface area contributed by atoms with Crippen molar-refractivity contribution in [3.8, 4) is 5.75 Å². The first-order chi connectivity index (χ1) is 12.4. The molecular formula is C18H24N2O6. The summed E-state index contributed by atoms with van der Waals surface area (Å²) in [4.78, 5) is 32.6. The molecule has 1 rings (SSSR count). The minimum atomic E-state index is -2.15. The summed E-state index contributed by atoms with van der Waals surface area (Å²) in [5.74, 6) is -0.495. The van der Waals surface area contributed by atoms with Crippen LogP contribution in [0.15, 0.2) is 41.5 Å². The van der Waals surface area contributed by atoms with Gasteiger partial charge in [-0.3, -0.25) is 20.2 Å². The lowest BCUT2D eigenvalue weighted by Gasteiger charge is -2.12. The summed E-state index contributed by atoms with van der Waals surface area (Å²) in [5, 5.41) is 22.1. The largest absolute Gasteiger partial charge is 0.473 e. The van der Waals surface area contributed by atoms with Gasteiger partial charge in [0.2, 0.25) is 0 Å². The molecule has 0 heterocycles. The maximum Gasteiger partial charge on any atom is 0.473 e. The Morgan fingerprint density at radius 3 is 2.15 bits per heavy atom. The molecule has 0 saturated heterocycles. The Hall–Kier alpha value is -2.77. The van der Waals surface area contributed by atoms with Crippen molar-refractivity contribution in [2.75, 3.05) is 0 Å². The monoisotopic (exact) mass is 364 g/mol. The van der Waals surface area contributed by atoms with Gasteiger partial charge in [-0.1, -0.05) is 50.8 Å². The zero-order valence-electron chi connectivity index (χ0n) is 15.1. The van der Waals surface area contributed by atoms with Crippen molar-refractivity contribution >= 4 is 5.97 Å². The van der Waals surface area contributed by atoms with E-state index < -0.39 is 22.0 Å². The average molecular weight is 364 g/mol. The van der Waals surface area contributed by atoms with Gasteiger partial charge >= 0.3 is 12.1 Å². The molecule has 0 N–H and O–H groups in total. The van der Waals surface area contributed by atoms with Crippen LogP contribution in [0.2, 0.25) is 0 Å². The smallest absolute Gasteiger partial charge is 0.423 e. The molecule has 0 saturated carbocycles. The van der Waals surface area contributed by atoms with E-state index in [0.717, 1.165) is 25.7 Å². The highest BCUT2D eigenvalue weighted by molar-refractivity contribution is 5.91. The second-order valence-corrected chi connectivity index (χ2v) is 5.97. The normalized spacial score (nSPS) is 11.8. The van der Waals surface area contributed by atoms with Gasteiger partial charge in [0.15, 0.2) is 0 Å². The number of para-hydroxylation sites is 1. The standard InChI is InChI=1S/C18H24N2O6/c1-3-4-5-6-10-13-16(14(2)17(19(22)23)20(24)25)18(21)26-15-11-8-7-9-12-15/h7-9,11-12,17H,3-6,10,13H2,1-2H3. The van der Waals surface area contributed by atoms with E-state index >= 15 is 0 Å². The van der Waals surface area contributed by atoms with Crippen LogP contribution in [0.25, 0.3) is 0 Å². The molecular weight excluding hydrogens is 340 g/mol. The molecule has 0 unspecified atom stereocenters. The molecule has 0 radical (unpaired) electrons. The van der Waals surface area contributed by atoms with Gasteiger partial charge in [0.1, 0.15) is 15.6 Å².